The van der Waals surface area contributed by atoms with E-state index in [1.165, 1.54) is 13.8 Å². The topological polar surface area (TPSA) is 88.1 Å². The first kappa shape index (κ1) is 24.7. The minimum Gasteiger partial charge on any atom is -0.454 e. The van der Waals surface area contributed by atoms with Crippen LogP contribution in [0.15, 0.2) is 60.7 Å². The van der Waals surface area contributed by atoms with E-state index in [-0.39, 0.29) is 11.6 Å². The third-order valence-electron chi connectivity index (χ3n) is 5.64. The lowest BCUT2D eigenvalue weighted by atomic mass is 10.1. The first-order chi connectivity index (χ1) is 15.6. The van der Waals surface area contributed by atoms with E-state index in [1.54, 1.807) is 0 Å². The molecule has 0 bridgehead atoms. The van der Waals surface area contributed by atoms with Crippen molar-refractivity contribution in [1.82, 2.24) is 0 Å². The van der Waals surface area contributed by atoms with Gasteiger partial charge in [0.2, 0.25) is 6.10 Å². The predicted octanol–water partition coefficient (Wildman–Crippen LogP) is 2.35. The van der Waals surface area contributed by atoms with E-state index in [0.29, 0.717) is 0 Å². The summed E-state index contributed by atoms with van der Waals surface area (Å²) in [5, 5.41) is 1.84. The number of rotatable bonds is 7. The van der Waals surface area contributed by atoms with Crippen LogP contribution in [0, 0.1) is 0 Å². The quantitative estimate of drug-likeness (QED) is 0.349. The number of cyclic esters (lactones) is 1. The molecule has 3 rings (SSSR count). The van der Waals surface area contributed by atoms with Gasteiger partial charge in [-0.05, 0) is 15.4 Å². The summed E-state index contributed by atoms with van der Waals surface area (Å²) < 4.78 is 22.7. The number of esters is 3. The second-order valence-electron chi connectivity index (χ2n) is 9.05. The molecule has 176 valence electrons. The van der Waals surface area contributed by atoms with E-state index in [9.17, 15) is 14.4 Å². The molecule has 1 aliphatic heterocycles. The SMILES string of the molecule is CC(=O)O[C@@H]1[C@@H](CO[Si](c2ccccc2)(c2ccccc2)C(C)(C)C)OC(=O)[C@@H]1OC(C)=O. The van der Waals surface area contributed by atoms with Gasteiger partial charge in [-0.25, -0.2) is 4.79 Å². The Labute approximate surface area is 195 Å². The van der Waals surface area contributed by atoms with Crippen LogP contribution in [0.5, 0.6) is 0 Å². The van der Waals surface area contributed by atoms with Crippen molar-refractivity contribution in [2.24, 2.45) is 0 Å². The number of hydrogen-bond acceptors (Lipinski definition) is 7. The molecular weight excluding hydrogens is 440 g/mol. The summed E-state index contributed by atoms with van der Waals surface area (Å²) in [5.41, 5.74) is 0. The largest absolute Gasteiger partial charge is 0.454 e. The normalized spacial score (nSPS) is 20.8. The van der Waals surface area contributed by atoms with Gasteiger partial charge >= 0.3 is 17.9 Å². The summed E-state index contributed by atoms with van der Waals surface area (Å²) in [6.07, 6.45) is -3.32. The maximum atomic E-state index is 12.4. The molecule has 1 saturated heterocycles. The highest BCUT2D eigenvalue weighted by atomic mass is 28.4. The highest BCUT2D eigenvalue weighted by Crippen LogP contribution is 2.37. The maximum absolute atomic E-state index is 12.4. The smallest absolute Gasteiger partial charge is 0.352 e. The lowest BCUT2D eigenvalue weighted by Crippen LogP contribution is -2.67. The van der Waals surface area contributed by atoms with Crippen LogP contribution in [-0.2, 0) is 33.0 Å². The Balaban J connectivity index is 2.01. The standard InChI is InChI=1S/C25H30O7Si/c1-17(26)30-22-21(32-24(28)23(22)31-18(2)27)16-29-33(25(3,4)5,19-12-8-6-9-13-19)20-14-10-7-11-15-20/h6-15,21-23H,16H2,1-5H3/t21-,22-,23-/m1/s1. The first-order valence-corrected chi connectivity index (χ1v) is 12.8. The molecule has 0 aliphatic carbocycles. The summed E-state index contributed by atoms with van der Waals surface area (Å²) >= 11 is 0. The Morgan fingerprint density at radius 2 is 1.36 bits per heavy atom. The van der Waals surface area contributed by atoms with Gasteiger partial charge in [-0.2, -0.15) is 0 Å². The van der Waals surface area contributed by atoms with Gasteiger partial charge in [0.1, 0.15) is 0 Å². The average Bonchev–Trinajstić information content (AvgIpc) is 3.02. The molecule has 0 unspecified atom stereocenters. The molecule has 1 aliphatic rings. The van der Waals surface area contributed by atoms with Crippen LogP contribution in [0.3, 0.4) is 0 Å². The zero-order valence-corrected chi connectivity index (χ0v) is 20.6. The van der Waals surface area contributed by atoms with Crippen molar-refractivity contribution in [2.75, 3.05) is 6.61 Å². The predicted molar refractivity (Wildman–Crippen MR) is 125 cm³/mol. The van der Waals surface area contributed by atoms with Crippen molar-refractivity contribution in [1.29, 1.82) is 0 Å². The van der Waals surface area contributed by atoms with Gasteiger partial charge in [0.25, 0.3) is 8.32 Å². The van der Waals surface area contributed by atoms with Crippen LogP contribution in [0.2, 0.25) is 5.04 Å². The molecule has 0 saturated carbocycles. The Morgan fingerprint density at radius 3 is 1.79 bits per heavy atom. The first-order valence-electron chi connectivity index (χ1n) is 10.9. The molecule has 0 spiro atoms. The molecule has 1 fully saturated rings. The Hall–Kier alpha value is -2.97. The fraction of sp³-hybridized carbons (Fsp3) is 0.400. The molecule has 7 nitrogen and oxygen atoms in total. The Morgan fingerprint density at radius 1 is 0.879 bits per heavy atom. The van der Waals surface area contributed by atoms with Crippen LogP contribution in [0.25, 0.3) is 0 Å². The molecule has 0 amide bonds. The van der Waals surface area contributed by atoms with Gasteiger partial charge in [0.05, 0.1) is 6.61 Å². The van der Waals surface area contributed by atoms with E-state index in [4.69, 9.17) is 18.6 Å². The fourth-order valence-corrected chi connectivity index (χ4v) is 8.90. The van der Waals surface area contributed by atoms with Crippen LogP contribution >= 0.6 is 0 Å². The van der Waals surface area contributed by atoms with Crippen LogP contribution < -0.4 is 10.4 Å². The minimum atomic E-state index is -2.90. The van der Waals surface area contributed by atoms with Gasteiger partial charge < -0.3 is 18.6 Å². The van der Waals surface area contributed by atoms with Crippen molar-refractivity contribution >= 4 is 36.6 Å². The zero-order chi connectivity index (χ0) is 24.2. The summed E-state index contributed by atoms with van der Waals surface area (Å²) in [6.45, 7) is 8.79. The summed E-state index contributed by atoms with van der Waals surface area (Å²) in [7, 11) is -2.90. The van der Waals surface area contributed by atoms with Crippen molar-refractivity contribution in [3.63, 3.8) is 0 Å². The van der Waals surface area contributed by atoms with Crippen molar-refractivity contribution in [3.8, 4) is 0 Å². The average molecular weight is 471 g/mol. The highest BCUT2D eigenvalue weighted by Gasteiger charge is 2.54. The van der Waals surface area contributed by atoms with Gasteiger partial charge in [0.15, 0.2) is 12.2 Å². The van der Waals surface area contributed by atoms with Crippen molar-refractivity contribution in [3.05, 3.63) is 60.7 Å². The molecule has 0 N–H and O–H groups in total. The number of carbonyl (C=O) groups is 3. The zero-order valence-electron chi connectivity index (χ0n) is 19.6. The van der Waals surface area contributed by atoms with E-state index >= 15 is 0 Å². The molecule has 2 aromatic rings. The maximum Gasteiger partial charge on any atom is 0.352 e. The second kappa shape index (κ2) is 9.89. The third-order valence-corrected chi connectivity index (χ3v) is 10.6. The van der Waals surface area contributed by atoms with E-state index in [2.05, 4.69) is 45.0 Å². The number of hydrogen-bond donors (Lipinski definition) is 0. The van der Waals surface area contributed by atoms with Crippen LogP contribution in [0.4, 0.5) is 0 Å². The molecule has 3 atom stereocenters. The van der Waals surface area contributed by atoms with E-state index in [1.807, 2.05) is 36.4 Å². The van der Waals surface area contributed by atoms with Crippen LogP contribution in [-0.4, -0.2) is 51.1 Å². The lowest BCUT2D eigenvalue weighted by molar-refractivity contribution is -0.166. The Kier molecular flexibility index (Phi) is 7.39. The van der Waals surface area contributed by atoms with Crippen LogP contribution in [0.1, 0.15) is 34.6 Å². The monoisotopic (exact) mass is 470 g/mol. The van der Waals surface area contributed by atoms with Gasteiger partial charge in [-0.3, -0.25) is 9.59 Å². The number of carbonyl (C=O) groups excluding carboxylic acids is 3. The second-order valence-corrected chi connectivity index (χ2v) is 13.4. The van der Waals surface area contributed by atoms with Gasteiger partial charge in [0, 0.05) is 13.8 Å². The third kappa shape index (κ3) is 5.17. The minimum absolute atomic E-state index is 0.0191. The summed E-state index contributed by atoms with van der Waals surface area (Å²) in [4.78, 5) is 35.7. The van der Waals surface area contributed by atoms with E-state index in [0.717, 1.165) is 10.4 Å². The molecule has 8 heteroatoms. The van der Waals surface area contributed by atoms with Crippen molar-refractivity contribution in [2.45, 2.75) is 58.0 Å². The number of benzene rings is 2. The summed E-state index contributed by atoms with van der Waals surface area (Å²) in [6, 6.07) is 20.0. The summed E-state index contributed by atoms with van der Waals surface area (Å²) in [5.74, 6) is -2.03. The molecular formula is C25H30O7Si. The molecule has 1 heterocycles. The molecule has 33 heavy (non-hydrogen) atoms. The molecule has 2 aromatic carbocycles. The molecule has 0 radical (unpaired) electrons. The highest BCUT2D eigenvalue weighted by molar-refractivity contribution is 6.99. The Bertz CT molecular complexity index is 945. The molecule has 0 aromatic heterocycles. The number of ether oxygens (including phenoxy) is 3. The van der Waals surface area contributed by atoms with Gasteiger partial charge in [-0.1, -0.05) is 81.4 Å². The fourth-order valence-electron chi connectivity index (χ4n) is 4.33. The van der Waals surface area contributed by atoms with Gasteiger partial charge in [-0.15, -0.1) is 0 Å². The lowest BCUT2D eigenvalue weighted by Gasteiger charge is -2.43. The van der Waals surface area contributed by atoms with Crippen molar-refractivity contribution < 1.29 is 33.0 Å². The van der Waals surface area contributed by atoms with E-state index < -0.39 is 44.5 Å².